The molecule has 2 nitrogen and oxygen atoms in total. The molecule has 0 unspecified atom stereocenters. The van der Waals surface area contributed by atoms with Crippen LogP contribution in [0.15, 0.2) is 231 Å². The first-order valence-corrected chi connectivity index (χ1v) is 22.4. The minimum absolute atomic E-state index is 0.645. The standard InChI is InChI=1S/C41H34N2.C14H12.3C2H6/c1-5-13-34(14-6-1)21-23-36-25-29-40(30-26-36)42(38-17-9-3-10-18-38)33-43(39-19-11-4-12-20-39)41-31-27-37(28-32-41)24-22-35-15-7-2-8-16-35;1-3-7-13(8-4-1)11-12-14-9-5-2-6-10-14;3*1-2/h1-32H,33H2;1-12H;3*1-2H3/b23-21+,24-22+;12-11+;;;. The summed E-state index contributed by atoms with van der Waals surface area (Å²) in [5.41, 5.74) is 11.7. The second kappa shape index (κ2) is 28.9. The number of hydrogen-bond donors (Lipinski definition) is 0. The van der Waals surface area contributed by atoms with E-state index in [0.29, 0.717) is 6.67 Å². The van der Waals surface area contributed by atoms with Crippen molar-refractivity contribution in [3.8, 4) is 0 Å². The van der Waals surface area contributed by atoms with Crippen LogP contribution in [0.1, 0.15) is 74.9 Å². The molecule has 2 heteroatoms. The van der Waals surface area contributed by atoms with Crippen molar-refractivity contribution >= 4 is 59.2 Å². The third-order valence-electron chi connectivity index (χ3n) is 9.43. The van der Waals surface area contributed by atoms with Crippen LogP contribution in [0.4, 0.5) is 22.7 Å². The van der Waals surface area contributed by atoms with Crippen LogP contribution in [0.25, 0.3) is 36.5 Å². The summed E-state index contributed by atoms with van der Waals surface area (Å²) in [6.07, 6.45) is 12.9. The van der Waals surface area contributed by atoms with Gasteiger partial charge in [0.15, 0.2) is 0 Å². The first-order valence-electron chi connectivity index (χ1n) is 22.4. The van der Waals surface area contributed by atoms with Gasteiger partial charge in [-0.3, -0.25) is 0 Å². The lowest BCUT2D eigenvalue weighted by Crippen LogP contribution is -2.32. The Morgan fingerprint density at radius 2 is 0.397 bits per heavy atom. The van der Waals surface area contributed by atoms with E-state index >= 15 is 0 Å². The Morgan fingerprint density at radius 3 is 0.619 bits per heavy atom. The Balaban J connectivity index is 0.000000364. The van der Waals surface area contributed by atoms with Crippen LogP contribution in [-0.4, -0.2) is 6.67 Å². The van der Waals surface area contributed by atoms with Gasteiger partial charge in [-0.25, -0.2) is 0 Å². The van der Waals surface area contributed by atoms with Crippen molar-refractivity contribution < 1.29 is 0 Å². The van der Waals surface area contributed by atoms with E-state index < -0.39 is 0 Å². The topological polar surface area (TPSA) is 6.48 Å². The fraction of sp³-hybridized carbons (Fsp3) is 0.115. The molecule has 0 saturated carbocycles. The minimum Gasteiger partial charge on any atom is -0.323 e. The summed E-state index contributed by atoms with van der Waals surface area (Å²) in [5.74, 6) is 0. The van der Waals surface area contributed by atoms with Gasteiger partial charge in [0.25, 0.3) is 0 Å². The van der Waals surface area contributed by atoms with E-state index in [1.54, 1.807) is 0 Å². The van der Waals surface area contributed by atoms with Gasteiger partial charge in [-0.15, -0.1) is 0 Å². The van der Waals surface area contributed by atoms with Crippen molar-refractivity contribution in [1.82, 2.24) is 0 Å². The van der Waals surface area contributed by atoms with Crippen LogP contribution in [0, 0.1) is 0 Å². The Hall–Kier alpha value is -7.42. The zero-order valence-corrected chi connectivity index (χ0v) is 38.0. The molecule has 0 radical (unpaired) electrons. The molecular weight excluding hydrogens is 761 g/mol. The fourth-order valence-corrected chi connectivity index (χ4v) is 6.35. The van der Waals surface area contributed by atoms with E-state index in [1.807, 2.05) is 90.1 Å². The summed E-state index contributed by atoms with van der Waals surface area (Å²) in [5, 5.41) is 0. The first-order chi connectivity index (χ1) is 31.3. The number of benzene rings is 8. The molecule has 0 aromatic heterocycles. The average molecular weight is 825 g/mol. The van der Waals surface area contributed by atoms with Gasteiger partial charge in [-0.05, 0) is 81.9 Å². The molecule has 0 bridgehead atoms. The molecular formula is C61H64N2. The van der Waals surface area contributed by atoms with Gasteiger partial charge in [-0.2, -0.15) is 0 Å². The zero-order chi connectivity index (χ0) is 44.7. The lowest BCUT2D eigenvalue weighted by atomic mass is 10.1. The zero-order valence-electron chi connectivity index (χ0n) is 38.0. The molecule has 0 saturated heterocycles. The summed E-state index contributed by atoms with van der Waals surface area (Å²) in [6.45, 7) is 12.6. The van der Waals surface area contributed by atoms with E-state index in [9.17, 15) is 0 Å². The van der Waals surface area contributed by atoms with Crippen molar-refractivity contribution in [3.63, 3.8) is 0 Å². The lowest BCUT2D eigenvalue weighted by molar-refractivity contribution is 0.926. The van der Waals surface area contributed by atoms with Crippen LogP contribution < -0.4 is 9.80 Å². The monoisotopic (exact) mass is 825 g/mol. The summed E-state index contributed by atoms with van der Waals surface area (Å²) >= 11 is 0. The van der Waals surface area contributed by atoms with Gasteiger partial charge in [0.1, 0.15) is 0 Å². The highest BCUT2D eigenvalue weighted by Gasteiger charge is 2.17. The van der Waals surface area contributed by atoms with E-state index in [-0.39, 0.29) is 0 Å². The van der Waals surface area contributed by atoms with Crippen molar-refractivity contribution in [2.45, 2.75) is 41.5 Å². The average Bonchev–Trinajstić information content (AvgIpc) is 3.39. The molecule has 0 amide bonds. The summed E-state index contributed by atoms with van der Waals surface area (Å²) < 4.78 is 0. The molecule has 8 rings (SSSR count). The summed E-state index contributed by atoms with van der Waals surface area (Å²) in [6, 6.07) is 80.2. The predicted octanol–water partition coefficient (Wildman–Crippen LogP) is 17.9. The SMILES string of the molecule is C(=C\c1ccc(N(CN(c2ccccc2)c2ccc(/C=C/c3ccccc3)cc2)c2ccccc2)cc1)/c1ccccc1.C(=C\c1ccccc1)/c1ccccc1.CC.CC.CC. The molecule has 8 aromatic rings. The van der Waals surface area contributed by atoms with Crippen molar-refractivity contribution in [2.24, 2.45) is 0 Å². The molecule has 63 heavy (non-hydrogen) atoms. The highest BCUT2D eigenvalue weighted by Crippen LogP contribution is 2.32. The van der Waals surface area contributed by atoms with E-state index in [1.165, 1.54) is 33.4 Å². The van der Waals surface area contributed by atoms with Gasteiger partial charge in [0.05, 0.1) is 6.67 Å². The van der Waals surface area contributed by atoms with Gasteiger partial charge >= 0.3 is 0 Å². The third kappa shape index (κ3) is 16.5. The lowest BCUT2D eigenvalue weighted by Gasteiger charge is -2.34. The quantitative estimate of drug-likeness (QED) is 0.0894. The Labute approximate surface area is 379 Å². The van der Waals surface area contributed by atoms with Gasteiger partial charge in [0, 0.05) is 22.7 Å². The van der Waals surface area contributed by atoms with Crippen LogP contribution in [0.5, 0.6) is 0 Å². The molecule has 0 aliphatic rings. The van der Waals surface area contributed by atoms with Crippen LogP contribution in [-0.2, 0) is 0 Å². The van der Waals surface area contributed by atoms with Gasteiger partial charge in [-0.1, -0.05) is 260 Å². The predicted molar refractivity (Wildman–Crippen MR) is 282 cm³/mol. The van der Waals surface area contributed by atoms with Crippen molar-refractivity contribution in [2.75, 3.05) is 16.5 Å². The van der Waals surface area contributed by atoms with Gasteiger partial charge in [0.2, 0.25) is 0 Å². The summed E-state index contributed by atoms with van der Waals surface area (Å²) in [7, 11) is 0. The van der Waals surface area contributed by atoms with E-state index in [4.69, 9.17) is 0 Å². The Kier molecular flexibility index (Phi) is 22.2. The largest absolute Gasteiger partial charge is 0.323 e. The number of para-hydroxylation sites is 2. The van der Waals surface area contributed by atoms with E-state index in [2.05, 4.69) is 228 Å². The number of rotatable bonds is 12. The highest BCUT2D eigenvalue weighted by atomic mass is 15.3. The molecule has 0 heterocycles. The molecule has 0 spiro atoms. The maximum Gasteiger partial charge on any atom is 0.0999 e. The van der Waals surface area contributed by atoms with Crippen molar-refractivity contribution in [3.05, 3.63) is 264 Å². The maximum absolute atomic E-state index is 2.36. The van der Waals surface area contributed by atoms with Crippen LogP contribution >= 0.6 is 0 Å². The summed E-state index contributed by atoms with van der Waals surface area (Å²) in [4.78, 5) is 4.72. The normalized spacial score (nSPS) is 10.3. The van der Waals surface area contributed by atoms with Crippen molar-refractivity contribution in [1.29, 1.82) is 0 Å². The Bertz CT molecular complexity index is 2250. The van der Waals surface area contributed by atoms with Gasteiger partial charge < -0.3 is 9.80 Å². The molecule has 8 aromatic carbocycles. The smallest absolute Gasteiger partial charge is 0.0999 e. The molecule has 0 aliphatic carbocycles. The first kappa shape index (κ1) is 48.2. The highest BCUT2D eigenvalue weighted by molar-refractivity contribution is 5.75. The molecule has 0 aliphatic heterocycles. The molecule has 318 valence electrons. The third-order valence-corrected chi connectivity index (χ3v) is 9.43. The van der Waals surface area contributed by atoms with Crippen LogP contribution in [0.2, 0.25) is 0 Å². The number of anilines is 4. The second-order valence-corrected chi connectivity index (χ2v) is 13.5. The van der Waals surface area contributed by atoms with Crippen LogP contribution in [0.3, 0.4) is 0 Å². The molecule has 0 atom stereocenters. The minimum atomic E-state index is 0.645. The molecule has 0 fully saturated rings. The Morgan fingerprint density at radius 1 is 0.222 bits per heavy atom. The number of nitrogens with zero attached hydrogens (tertiary/aromatic N) is 2. The number of hydrogen-bond acceptors (Lipinski definition) is 2. The fourth-order valence-electron chi connectivity index (χ4n) is 6.35. The second-order valence-electron chi connectivity index (χ2n) is 13.5. The van der Waals surface area contributed by atoms with E-state index in [0.717, 1.165) is 22.7 Å². The molecule has 0 N–H and O–H groups in total. The maximum atomic E-state index is 2.36.